The maximum absolute atomic E-state index is 12.4. The Labute approximate surface area is 150 Å². The molecule has 2 aromatic rings. The van der Waals surface area contributed by atoms with E-state index in [-0.39, 0.29) is 17.2 Å². The molecule has 7 nitrogen and oxygen atoms in total. The third-order valence-electron chi connectivity index (χ3n) is 3.33. The Morgan fingerprint density at radius 2 is 1.58 bits per heavy atom. The van der Waals surface area contributed by atoms with Crippen LogP contribution in [0.1, 0.15) is 10.4 Å². The van der Waals surface area contributed by atoms with Crippen LogP contribution in [0.2, 0.25) is 0 Å². The standard InChI is InChI=1S/C19H13N5O2/c1-26-18-8-3-2-7-16(18)19(25)24-15-6-4-5-14(9-15)23-17(12-22)13(10-20)11-21/h2-9,23H,1H3,(H,24,25). The highest BCUT2D eigenvalue weighted by Gasteiger charge is 2.12. The number of nitrogens with zero attached hydrogens (tertiary/aromatic N) is 3. The molecule has 0 aromatic heterocycles. The molecule has 0 saturated carbocycles. The van der Waals surface area contributed by atoms with E-state index in [1.165, 1.54) is 7.11 Å². The SMILES string of the molecule is COc1ccccc1C(=O)Nc1cccc(NC(C#N)=C(C#N)C#N)c1. The second-order valence-corrected chi connectivity index (χ2v) is 4.95. The van der Waals surface area contributed by atoms with Crippen LogP contribution >= 0.6 is 0 Å². The molecule has 0 aliphatic heterocycles. The van der Waals surface area contributed by atoms with Gasteiger partial charge in [0.2, 0.25) is 0 Å². The summed E-state index contributed by atoms with van der Waals surface area (Å²) in [6.07, 6.45) is 0. The lowest BCUT2D eigenvalue weighted by molar-refractivity contribution is 0.102. The number of nitrogens with one attached hydrogen (secondary N) is 2. The summed E-state index contributed by atoms with van der Waals surface area (Å²) in [7, 11) is 1.48. The van der Waals surface area contributed by atoms with Gasteiger partial charge in [-0.15, -0.1) is 0 Å². The molecule has 0 heterocycles. The smallest absolute Gasteiger partial charge is 0.259 e. The van der Waals surface area contributed by atoms with Crippen LogP contribution in [0.4, 0.5) is 11.4 Å². The van der Waals surface area contributed by atoms with Crippen molar-refractivity contribution >= 4 is 17.3 Å². The minimum atomic E-state index is -0.356. The van der Waals surface area contributed by atoms with Gasteiger partial charge in [-0.1, -0.05) is 18.2 Å². The molecule has 0 aliphatic carbocycles. The summed E-state index contributed by atoms with van der Waals surface area (Å²) in [5.74, 6) is 0.0899. The third-order valence-corrected chi connectivity index (χ3v) is 3.33. The van der Waals surface area contributed by atoms with E-state index in [0.717, 1.165) is 0 Å². The Bertz CT molecular complexity index is 974. The lowest BCUT2D eigenvalue weighted by Gasteiger charge is -2.11. The van der Waals surface area contributed by atoms with Crippen LogP contribution in [0.5, 0.6) is 5.75 Å². The predicted molar refractivity (Wildman–Crippen MR) is 94.9 cm³/mol. The first-order valence-corrected chi connectivity index (χ1v) is 7.39. The number of benzene rings is 2. The molecule has 0 unspecified atom stereocenters. The molecule has 2 rings (SSSR count). The minimum absolute atomic E-state index is 0.164. The fourth-order valence-corrected chi connectivity index (χ4v) is 2.13. The first-order chi connectivity index (χ1) is 12.6. The fourth-order valence-electron chi connectivity index (χ4n) is 2.13. The molecule has 0 fully saturated rings. The summed E-state index contributed by atoms with van der Waals surface area (Å²) in [4.78, 5) is 12.4. The van der Waals surface area contributed by atoms with Crippen molar-refractivity contribution in [2.24, 2.45) is 0 Å². The van der Waals surface area contributed by atoms with E-state index in [1.807, 2.05) is 0 Å². The number of hydrogen-bond acceptors (Lipinski definition) is 6. The Balaban J connectivity index is 2.24. The molecule has 0 saturated heterocycles. The monoisotopic (exact) mass is 343 g/mol. The number of methoxy groups -OCH3 is 1. The topological polar surface area (TPSA) is 122 Å². The van der Waals surface area contributed by atoms with Gasteiger partial charge in [0, 0.05) is 11.4 Å². The zero-order valence-corrected chi connectivity index (χ0v) is 13.8. The molecular weight excluding hydrogens is 330 g/mol. The molecule has 26 heavy (non-hydrogen) atoms. The van der Waals surface area contributed by atoms with Crippen molar-refractivity contribution in [3.05, 3.63) is 65.4 Å². The Morgan fingerprint density at radius 1 is 0.923 bits per heavy atom. The van der Waals surface area contributed by atoms with Crippen LogP contribution in [0.25, 0.3) is 0 Å². The van der Waals surface area contributed by atoms with E-state index in [1.54, 1.807) is 66.7 Å². The number of carbonyl (C=O) groups excluding carboxylic acids is 1. The van der Waals surface area contributed by atoms with Gasteiger partial charge in [-0.25, -0.2) is 0 Å². The number of ether oxygens (including phenoxy) is 1. The zero-order valence-electron chi connectivity index (χ0n) is 13.8. The third kappa shape index (κ3) is 4.17. The van der Waals surface area contributed by atoms with E-state index >= 15 is 0 Å². The van der Waals surface area contributed by atoms with Crippen LogP contribution in [-0.4, -0.2) is 13.0 Å². The van der Waals surface area contributed by atoms with Crippen molar-refractivity contribution in [3.8, 4) is 24.0 Å². The summed E-state index contributed by atoms with van der Waals surface area (Å²) < 4.78 is 5.17. The van der Waals surface area contributed by atoms with Gasteiger partial charge in [-0.05, 0) is 30.3 Å². The summed E-state index contributed by atoms with van der Waals surface area (Å²) in [6, 6.07) is 18.4. The number of amides is 1. The number of allylic oxidation sites excluding steroid dienone is 2. The summed E-state index contributed by atoms with van der Waals surface area (Å²) in [5, 5.41) is 32.3. The van der Waals surface area contributed by atoms with Crippen LogP contribution < -0.4 is 15.4 Å². The molecule has 1 amide bonds. The highest BCUT2D eigenvalue weighted by molar-refractivity contribution is 6.06. The highest BCUT2D eigenvalue weighted by atomic mass is 16.5. The molecule has 0 aliphatic rings. The van der Waals surface area contributed by atoms with E-state index in [0.29, 0.717) is 22.7 Å². The number of para-hydroxylation sites is 1. The van der Waals surface area contributed by atoms with Crippen LogP contribution in [0, 0.1) is 34.0 Å². The first kappa shape index (κ1) is 18.1. The molecular formula is C19H13N5O2. The lowest BCUT2D eigenvalue weighted by Crippen LogP contribution is -2.13. The molecule has 0 spiro atoms. The maximum atomic E-state index is 12.4. The molecule has 0 radical (unpaired) electrons. The van der Waals surface area contributed by atoms with Gasteiger partial charge < -0.3 is 15.4 Å². The average Bonchev–Trinajstić information content (AvgIpc) is 2.68. The van der Waals surface area contributed by atoms with Gasteiger partial charge in [-0.3, -0.25) is 4.79 Å². The van der Waals surface area contributed by atoms with Crippen LogP contribution in [-0.2, 0) is 0 Å². The van der Waals surface area contributed by atoms with Crippen molar-refractivity contribution < 1.29 is 9.53 Å². The Morgan fingerprint density at radius 3 is 2.19 bits per heavy atom. The number of anilines is 2. The zero-order chi connectivity index (χ0) is 18.9. The van der Waals surface area contributed by atoms with E-state index in [4.69, 9.17) is 20.5 Å². The van der Waals surface area contributed by atoms with E-state index < -0.39 is 0 Å². The fraction of sp³-hybridized carbons (Fsp3) is 0.0526. The molecule has 7 heteroatoms. The number of hydrogen-bond donors (Lipinski definition) is 2. The first-order valence-electron chi connectivity index (χ1n) is 7.39. The second kappa shape index (κ2) is 8.54. The van der Waals surface area contributed by atoms with Gasteiger partial charge in [0.05, 0.1) is 12.7 Å². The Kier molecular flexibility index (Phi) is 5.93. The quantitative estimate of drug-likeness (QED) is 0.804. The predicted octanol–water partition coefficient (Wildman–Crippen LogP) is 3.18. The van der Waals surface area contributed by atoms with Crippen LogP contribution in [0.15, 0.2) is 59.8 Å². The van der Waals surface area contributed by atoms with E-state index in [2.05, 4.69) is 10.6 Å². The van der Waals surface area contributed by atoms with Gasteiger partial charge in [0.25, 0.3) is 5.91 Å². The molecule has 2 aromatic carbocycles. The summed E-state index contributed by atoms with van der Waals surface area (Å²) in [5.41, 5.74) is 0.808. The molecule has 126 valence electrons. The normalized spacial score (nSPS) is 9.00. The molecule has 0 atom stereocenters. The summed E-state index contributed by atoms with van der Waals surface area (Å²) >= 11 is 0. The van der Waals surface area contributed by atoms with E-state index in [9.17, 15) is 4.79 Å². The van der Waals surface area contributed by atoms with Crippen LogP contribution in [0.3, 0.4) is 0 Å². The van der Waals surface area contributed by atoms with Crippen molar-refractivity contribution in [3.63, 3.8) is 0 Å². The largest absolute Gasteiger partial charge is 0.496 e. The Hall–Kier alpha value is -4.28. The summed E-state index contributed by atoms with van der Waals surface area (Å²) in [6.45, 7) is 0. The van der Waals surface area contributed by atoms with Gasteiger partial charge >= 0.3 is 0 Å². The highest BCUT2D eigenvalue weighted by Crippen LogP contribution is 2.21. The van der Waals surface area contributed by atoms with Crippen molar-refractivity contribution in [2.75, 3.05) is 17.7 Å². The number of carbonyl (C=O) groups is 1. The van der Waals surface area contributed by atoms with Gasteiger partial charge in [0.1, 0.15) is 29.7 Å². The average molecular weight is 343 g/mol. The van der Waals surface area contributed by atoms with Crippen molar-refractivity contribution in [1.29, 1.82) is 15.8 Å². The molecule has 0 bridgehead atoms. The van der Waals surface area contributed by atoms with Crippen molar-refractivity contribution in [2.45, 2.75) is 0 Å². The molecule has 2 N–H and O–H groups in total. The second-order valence-electron chi connectivity index (χ2n) is 4.95. The van der Waals surface area contributed by atoms with Crippen molar-refractivity contribution in [1.82, 2.24) is 0 Å². The minimum Gasteiger partial charge on any atom is -0.496 e. The number of rotatable bonds is 5. The maximum Gasteiger partial charge on any atom is 0.259 e. The van der Waals surface area contributed by atoms with Gasteiger partial charge in [0.15, 0.2) is 5.57 Å². The lowest BCUT2D eigenvalue weighted by atomic mass is 10.1. The van der Waals surface area contributed by atoms with Gasteiger partial charge in [-0.2, -0.15) is 15.8 Å². The number of nitriles is 3.